The normalized spacial score (nSPS) is 36.6. The van der Waals surface area contributed by atoms with Gasteiger partial charge in [0.2, 0.25) is 0 Å². The predicted molar refractivity (Wildman–Crippen MR) is 81.1 cm³/mol. The number of rotatable bonds is 6. The second kappa shape index (κ2) is 5.43. The molecule has 6 nitrogen and oxygen atoms in total. The van der Waals surface area contributed by atoms with E-state index in [1.807, 2.05) is 0 Å². The van der Waals surface area contributed by atoms with Crippen LogP contribution in [-0.2, 0) is 28.6 Å². The summed E-state index contributed by atoms with van der Waals surface area (Å²) >= 11 is 0. The molecule has 128 valence electrons. The van der Waals surface area contributed by atoms with Gasteiger partial charge in [-0.15, -0.1) is 0 Å². The summed E-state index contributed by atoms with van der Waals surface area (Å²) in [7, 11) is -7.11. The minimum absolute atomic E-state index is 0.0378. The Kier molecular flexibility index (Phi) is 4.11. The molecule has 0 unspecified atom stereocenters. The fraction of sp³-hybridized carbons (Fsp3) is 1.00. The van der Waals surface area contributed by atoms with Crippen LogP contribution < -0.4 is 0 Å². The Morgan fingerprint density at radius 3 is 1.45 bits per heavy atom. The minimum Gasteiger partial charge on any atom is -0.270 e. The van der Waals surface area contributed by atoms with Gasteiger partial charge in [0.25, 0.3) is 20.2 Å². The Morgan fingerprint density at radius 1 is 0.773 bits per heavy atom. The molecule has 0 amide bonds. The van der Waals surface area contributed by atoms with Crippen molar-refractivity contribution >= 4 is 20.2 Å². The van der Waals surface area contributed by atoms with Gasteiger partial charge in [-0.1, -0.05) is 0 Å². The molecule has 0 N–H and O–H groups in total. The van der Waals surface area contributed by atoms with Crippen molar-refractivity contribution in [1.82, 2.24) is 0 Å². The zero-order valence-corrected chi connectivity index (χ0v) is 14.7. The topological polar surface area (TPSA) is 86.7 Å². The first-order valence-electron chi connectivity index (χ1n) is 7.76. The quantitative estimate of drug-likeness (QED) is 0.671. The molecule has 0 heterocycles. The highest BCUT2D eigenvalue weighted by molar-refractivity contribution is 7.86. The van der Waals surface area contributed by atoms with E-state index in [4.69, 9.17) is 8.37 Å². The van der Waals surface area contributed by atoms with Gasteiger partial charge in [0.05, 0.1) is 25.7 Å². The number of hydrogen-bond acceptors (Lipinski definition) is 6. The molecule has 22 heavy (non-hydrogen) atoms. The van der Waals surface area contributed by atoms with Crippen molar-refractivity contribution in [3.63, 3.8) is 0 Å². The summed E-state index contributed by atoms with van der Waals surface area (Å²) in [5.74, 6) is 2.00. The molecule has 4 aliphatic carbocycles. The maximum atomic E-state index is 11.4. The molecule has 0 spiro atoms. The van der Waals surface area contributed by atoms with Crippen LogP contribution in [0.4, 0.5) is 0 Å². The predicted octanol–water partition coefficient (Wildman–Crippen LogP) is 1.38. The summed E-state index contributed by atoms with van der Waals surface area (Å²) in [6.07, 6.45) is 7.48. The molecule has 0 atom stereocenters. The Hall–Kier alpha value is -0.180. The second-order valence-corrected chi connectivity index (χ2v) is 10.8. The Bertz CT molecular complexity index is 570. The third-order valence-corrected chi connectivity index (χ3v) is 6.94. The van der Waals surface area contributed by atoms with E-state index in [0.717, 1.165) is 38.2 Å². The van der Waals surface area contributed by atoms with Crippen LogP contribution in [0.2, 0.25) is 0 Å². The molecule has 0 radical (unpaired) electrons. The van der Waals surface area contributed by atoms with Gasteiger partial charge in [-0.05, 0) is 55.8 Å². The minimum atomic E-state index is -3.55. The lowest BCUT2D eigenvalue weighted by molar-refractivity contribution is -0.142. The lowest BCUT2D eigenvalue weighted by Gasteiger charge is -2.60. The molecule has 8 heteroatoms. The van der Waals surface area contributed by atoms with E-state index in [0.29, 0.717) is 23.7 Å². The summed E-state index contributed by atoms with van der Waals surface area (Å²) < 4.78 is 56.0. The van der Waals surface area contributed by atoms with Crippen LogP contribution in [-0.4, -0.2) is 42.6 Å². The van der Waals surface area contributed by atoms with Crippen LogP contribution in [0, 0.1) is 29.1 Å². The van der Waals surface area contributed by atoms with Crippen molar-refractivity contribution < 1.29 is 25.2 Å². The summed E-state index contributed by atoms with van der Waals surface area (Å²) in [5, 5.41) is 0. The van der Waals surface area contributed by atoms with Gasteiger partial charge < -0.3 is 0 Å². The van der Waals surface area contributed by atoms with Gasteiger partial charge in [0.1, 0.15) is 0 Å². The van der Waals surface area contributed by atoms with Crippen molar-refractivity contribution in [2.24, 2.45) is 29.1 Å². The van der Waals surface area contributed by atoms with Gasteiger partial charge in [-0.25, -0.2) is 0 Å². The zero-order valence-electron chi connectivity index (χ0n) is 13.0. The average molecular weight is 352 g/mol. The molecule has 0 aliphatic heterocycles. The molecule has 0 aromatic carbocycles. The Morgan fingerprint density at radius 2 is 1.14 bits per heavy atom. The summed E-state index contributed by atoms with van der Waals surface area (Å²) in [6, 6.07) is 0. The monoisotopic (exact) mass is 352 g/mol. The van der Waals surface area contributed by atoms with Crippen molar-refractivity contribution in [3.05, 3.63) is 0 Å². The summed E-state index contributed by atoms with van der Waals surface area (Å²) in [5.41, 5.74) is -0.487. The second-order valence-electron chi connectivity index (χ2n) is 7.47. The van der Waals surface area contributed by atoms with E-state index in [-0.39, 0.29) is 13.2 Å². The molecule has 4 fully saturated rings. The molecule has 0 aromatic heterocycles. The lowest BCUT2D eigenvalue weighted by atomic mass is 9.46. The largest absolute Gasteiger partial charge is 0.270 e. The standard InChI is InChI=1S/C14H24O6S2/c1-21(15,16)19-8-14(9-20-22(2,17)18)12-4-10-3-11(6-12)7-13(14)5-10/h10-13H,3-9H2,1-2H3. The van der Waals surface area contributed by atoms with Crippen molar-refractivity contribution in [2.45, 2.75) is 32.1 Å². The fourth-order valence-electron chi connectivity index (χ4n) is 5.07. The molecule has 0 saturated heterocycles. The molecule has 4 aliphatic rings. The molecule has 4 bridgehead atoms. The Balaban J connectivity index is 1.86. The van der Waals surface area contributed by atoms with E-state index in [9.17, 15) is 16.8 Å². The van der Waals surface area contributed by atoms with Gasteiger partial charge >= 0.3 is 0 Å². The highest BCUT2D eigenvalue weighted by Gasteiger charge is 2.58. The molecular formula is C14H24O6S2. The maximum Gasteiger partial charge on any atom is 0.264 e. The zero-order chi connectivity index (χ0) is 16.2. The van der Waals surface area contributed by atoms with Crippen LogP contribution in [0.1, 0.15) is 32.1 Å². The first kappa shape index (κ1) is 16.7. The summed E-state index contributed by atoms with van der Waals surface area (Å²) in [4.78, 5) is 0. The smallest absolute Gasteiger partial charge is 0.264 e. The highest BCUT2D eigenvalue weighted by atomic mass is 32.2. The fourth-order valence-corrected chi connectivity index (χ4v) is 5.94. The van der Waals surface area contributed by atoms with Crippen molar-refractivity contribution in [2.75, 3.05) is 25.7 Å². The summed E-state index contributed by atoms with van der Waals surface area (Å²) in [6.45, 7) is 0.0756. The van der Waals surface area contributed by atoms with E-state index >= 15 is 0 Å². The van der Waals surface area contributed by atoms with Crippen LogP contribution in [0.25, 0.3) is 0 Å². The van der Waals surface area contributed by atoms with Crippen molar-refractivity contribution in [1.29, 1.82) is 0 Å². The van der Waals surface area contributed by atoms with Gasteiger partial charge in [-0.3, -0.25) is 8.37 Å². The van der Waals surface area contributed by atoms with E-state index < -0.39 is 25.7 Å². The van der Waals surface area contributed by atoms with Crippen LogP contribution in [0.5, 0.6) is 0 Å². The van der Waals surface area contributed by atoms with Gasteiger partial charge in [0, 0.05) is 5.41 Å². The van der Waals surface area contributed by atoms with Gasteiger partial charge in [-0.2, -0.15) is 16.8 Å². The molecule has 4 rings (SSSR count). The average Bonchev–Trinajstić information content (AvgIpc) is 2.34. The van der Waals surface area contributed by atoms with E-state index in [1.165, 1.54) is 6.42 Å². The highest BCUT2D eigenvalue weighted by Crippen LogP contribution is 2.62. The SMILES string of the molecule is CS(=O)(=O)OCC1(COS(C)(=O)=O)C2CC3CC(C2)CC1C3. The third kappa shape index (κ3) is 3.34. The Labute approximate surface area is 132 Å². The van der Waals surface area contributed by atoms with Crippen LogP contribution >= 0.6 is 0 Å². The first-order valence-corrected chi connectivity index (χ1v) is 11.4. The van der Waals surface area contributed by atoms with Crippen LogP contribution in [0.3, 0.4) is 0 Å². The molecule has 4 saturated carbocycles. The van der Waals surface area contributed by atoms with Gasteiger partial charge in [0.15, 0.2) is 0 Å². The van der Waals surface area contributed by atoms with Crippen molar-refractivity contribution in [3.8, 4) is 0 Å². The third-order valence-electron chi connectivity index (χ3n) is 5.85. The molecular weight excluding hydrogens is 328 g/mol. The van der Waals surface area contributed by atoms with E-state index in [1.54, 1.807) is 0 Å². The van der Waals surface area contributed by atoms with E-state index in [2.05, 4.69) is 0 Å². The number of hydrogen-bond donors (Lipinski definition) is 0. The maximum absolute atomic E-state index is 11.4. The molecule has 0 aromatic rings. The van der Waals surface area contributed by atoms with Crippen LogP contribution in [0.15, 0.2) is 0 Å². The lowest BCUT2D eigenvalue weighted by Crippen LogP contribution is -2.57. The first-order chi connectivity index (χ1) is 10.1.